The smallest absolute Gasteiger partial charge is 0.337 e. The third kappa shape index (κ3) is 8.94. The quantitative estimate of drug-likeness (QED) is 0.133. The zero-order valence-electron chi connectivity index (χ0n) is 24.2. The number of nitrogens with zero attached hydrogens (tertiary/aromatic N) is 1. The first kappa shape index (κ1) is 34.6. The fraction of sp³-hybridized carbons (Fsp3) is 0.323. The summed E-state index contributed by atoms with van der Waals surface area (Å²) >= 11 is 25.5. The number of aryl methyl sites for hydroxylation is 1. The van der Waals surface area contributed by atoms with Crippen LogP contribution in [0.3, 0.4) is 0 Å². The van der Waals surface area contributed by atoms with Crippen LogP contribution in [0.15, 0.2) is 46.9 Å². The largest absolute Gasteiger partial charge is 0.490 e. The third-order valence-electron chi connectivity index (χ3n) is 6.72. The molecule has 4 aromatic rings. The first-order chi connectivity index (χ1) is 21.5. The lowest BCUT2D eigenvalue weighted by molar-refractivity contribution is -0.140. The number of halogens is 4. The van der Waals surface area contributed by atoms with Crippen LogP contribution in [-0.4, -0.2) is 66.8 Å². The SMILES string of the molecule is COC(=O)CCc1cc(Cl)c(OCCC(O)C(O)CCOc2c(Cl)cc(-c3nc4ccc(C(=O)OC)cc4o3)cc2Cl)c(Cl)c1. The zero-order chi connectivity index (χ0) is 32.7. The Morgan fingerprint density at radius 3 is 1.91 bits per heavy atom. The summed E-state index contributed by atoms with van der Waals surface area (Å²) in [5.41, 5.74) is 2.46. The van der Waals surface area contributed by atoms with Crippen LogP contribution in [0.2, 0.25) is 20.1 Å². The van der Waals surface area contributed by atoms with Crippen LogP contribution in [-0.2, 0) is 20.7 Å². The summed E-state index contributed by atoms with van der Waals surface area (Å²) in [4.78, 5) is 27.6. The maximum Gasteiger partial charge on any atom is 0.337 e. The van der Waals surface area contributed by atoms with E-state index in [9.17, 15) is 19.8 Å². The van der Waals surface area contributed by atoms with Crippen molar-refractivity contribution in [1.29, 1.82) is 0 Å². The number of fused-ring (bicyclic) bond motifs is 1. The number of carbonyl (C=O) groups is 2. The van der Waals surface area contributed by atoms with Gasteiger partial charge in [0.1, 0.15) is 5.52 Å². The molecular weight excluding hydrogens is 672 g/mol. The number of ether oxygens (including phenoxy) is 4. The molecule has 0 fully saturated rings. The molecule has 10 nitrogen and oxygen atoms in total. The number of hydrogen-bond donors (Lipinski definition) is 2. The molecule has 0 aliphatic carbocycles. The molecule has 4 rings (SSSR count). The first-order valence-corrected chi connectivity index (χ1v) is 15.2. The highest BCUT2D eigenvalue weighted by Gasteiger charge is 2.20. The van der Waals surface area contributed by atoms with E-state index in [1.807, 2.05) is 0 Å². The number of esters is 2. The van der Waals surface area contributed by atoms with E-state index < -0.39 is 18.2 Å². The van der Waals surface area contributed by atoms with Crippen LogP contribution in [0.5, 0.6) is 11.5 Å². The molecule has 2 N–H and O–H groups in total. The number of benzene rings is 3. The predicted octanol–water partition coefficient (Wildman–Crippen LogP) is 6.96. The molecular formula is C31H29Cl4NO9. The van der Waals surface area contributed by atoms with Crippen molar-refractivity contribution in [3.63, 3.8) is 0 Å². The molecule has 0 spiro atoms. The molecule has 0 bridgehead atoms. The van der Waals surface area contributed by atoms with Crippen LogP contribution in [0.4, 0.5) is 0 Å². The zero-order valence-corrected chi connectivity index (χ0v) is 27.2. The predicted molar refractivity (Wildman–Crippen MR) is 170 cm³/mol. The van der Waals surface area contributed by atoms with Crippen molar-refractivity contribution in [3.05, 3.63) is 73.7 Å². The van der Waals surface area contributed by atoms with Gasteiger partial charge in [-0.2, -0.15) is 0 Å². The Bertz CT molecular complexity index is 1630. The van der Waals surface area contributed by atoms with Gasteiger partial charge in [0.25, 0.3) is 0 Å². The minimum absolute atomic E-state index is 0.00174. The van der Waals surface area contributed by atoms with Crippen LogP contribution >= 0.6 is 46.4 Å². The van der Waals surface area contributed by atoms with Gasteiger partial charge in [-0.25, -0.2) is 9.78 Å². The highest BCUT2D eigenvalue weighted by atomic mass is 35.5. The molecule has 1 heterocycles. The minimum Gasteiger partial charge on any atom is -0.490 e. The molecule has 0 aliphatic rings. The number of aliphatic hydroxyl groups excluding tert-OH is 2. The topological polar surface area (TPSA) is 138 Å². The summed E-state index contributed by atoms with van der Waals surface area (Å²) in [6, 6.07) is 11.2. The van der Waals surface area contributed by atoms with Gasteiger partial charge in [-0.3, -0.25) is 4.79 Å². The number of oxazole rings is 1. The van der Waals surface area contributed by atoms with E-state index in [1.54, 1.807) is 36.4 Å². The molecule has 0 saturated heterocycles. The second kappa shape index (κ2) is 15.8. The monoisotopic (exact) mass is 699 g/mol. The van der Waals surface area contributed by atoms with Crippen molar-refractivity contribution >= 4 is 69.4 Å². The van der Waals surface area contributed by atoms with Crippen molar-refractivity contribution in [2.24, 2.45) is 0 Å². The number of aromatic nitrogens is 1. The molecule has 45 heavy (non-hydrogen) atoms. The second-order valence-electron chi connectivity index (χ2n) is 9.84. The van der Waals surface area contributed by atoms with Gasteiger partial charge in [0.15, 0.2) is 17.1 Å². The molecule has 0 aliphatic heterocycles. The second-order valence-corrected chi connectivity index (χ2v) is 11.5. The van der Waals surface area contributed by atoms with E-state index in [0.29, 0.717) is 28.6 Å². The average molecular weight is 701 g/mol. The maximum absolute atomic E-state index is 11.8. The summed E-state index contributed by atoms with van der Waals surface area (Å²) in [6.45, 7) is 0.0285. The highest BCUT2D eigenvalue weighted by Crippen LogP contribution is 2.38. The normalized spacial score (nSPS) is 12.5. The molecule has 2 atom stereocenters. The van der Waals surface area contributed by atoms with E-state index in [1.165, 1.54) is 20.3 Å². The lowest BCUT2D eigenvalue weighted by Gasteiger charge is -2.19. The fourth-order valence-electron chi connectivity index (χ4n) is 4.31. The standard InChI is InChI=1S/C31H29Cl4NO9/c1-41-27(39)6-3-16-11-19(32)28(20(33)12-16)43-9-7-24(37)25(38)8-10-44-29-21(34)13-18(14-22(29)35)30-36-23-5-4-17(31(40)42-2)15-26(23)45-30/h4-5,11-15,24-25,37-38H,3,6-10H2,1-2H3. The maximum atomic E-state index is 11.8. The van der Waals surface area contributed by atoms with Gasteiger partial charge in [-0.05, 0) is 54.4 Å². The number of rotatable bonds is 14. The molecule has 0 amide bonds. The number of methoxy groups -OCH3 is 2. The van der Waals surface area contributed by atoms with E-state index in [2.05, 4.69) is 9.72 Å². The van der Waals surface area contributed by atoms with E-state index >= 15 is 0 Å². The number of aliphatic hydroxyl groups is 2. The Balaban J connectivity index is 1.28. The lowest BCUT2D eigenvalue weighted by atomic mass is 10.1. The fourth-order valence-corrected chi connectivity index (χ4v) is 5.54. The Kier molecular flexibility index (Phi) is 12.2. The Hall–Kier alpha value is -3.25. The van der Waals surface area contributed by atoms with Crippen LogP contribution in [0.25, 0.3) is 22.6 Å². The summed E-state index contributed by atoms with van der Waals surface area (Å²) in [5, 5.41) is 21.8. The van der Waals surface area contributed by atoms with E-state index in [-0.39, 0.29) is 75.9 Å². The Labute approximate surface area is 278 Å². The van der Waals surface area contributed by atoms with Crippen LogP contribution in [0, 0.1) is 0 Å². The molecule has 1 aromatic heterocycles. The van der Waals surface area contributed by atoms with Gasteiger partial charge in [0, 0.05) is 24.8 Å². The molecule has 0 radical (unpaired) electrons. The van der Waals surface area contributed by atoms with Gasteiger partial charge >= 0.3 is 11.9 Å². The average Bonchev–Trinajstić information content (AvgIpc) is 3.45. The number of carbonyl (C=O) groups excluding carboxylic acids is 2. The van der Waals surface area contributed by atoms with E-state index in [4.69, 9.17) is 65.0 Å². The van der Waals surface area contributed by atoms with Crippen LogP contribution in [0.1, 0.15) is 35.2 Å². The first-order valence-electron chi connectivity index (χ1n) is 13.7. The molecule has 0 saturated carbocycles. The lowest BCUT2D eigenvalue weighted by Crippen LogP contribution is -2.29. The van der Waals surface area contributed by atoms with E-state index in [0.717, 1.165) is 5.56 Å². The van der Waals surface area contributed by atoms with Gasteiger partial charge in [-0.15, -0.1) is 0 Å². The minimum atomic E-state index is -1.13. The van der Waals surface area contributed by atoms with Crippen molar-refractivity contribution < 1.29 is 43.2 Å². The van der Waals surface area contributed by atoms with Crippen LogP contribution < -0.4 is 9.47 Å². The van der Waals surface area contributed by atoms with Crippen molar-refractivity contribution in [1.82, 2.24) is 4.98 Å². The van der Waals surface area contributed by atoms with Crippen molar-refractivity contribution in [2.75, 3.05) is 27.4 Å². The summed E-state index contributed by atoms with van der Waals surface area (Å²) in [6.07, 6.45) is -1.52. The highest BCUT2D eigenvalue weighted by molar-refractivity contribution is 6.38. The third-order valence-corrected chi connectivity index (χ3v) is 7.85. The van der Waals surface area contributed by atoms with Gasteiger partial charge < -0.3 is 33.6 Å². The molecule has 2 unspecified atom stereocenters. The van der Waals surface area contributed by atoms with Crippen molar-refractivity contribution in [3.8, 4) is 23.0 Å². The molecule has 14 heteroatoms. The van der Waals surface area contributed by atoms with Gasteiger partial charge in [0.2, 0.25) is 5.89 Å². The van der Waals surface area contributed by atoms with Gasteiger partial charge in [0.05, 0.1) is 65.3 Å². The molecule has 3 aromatic carbocycles. The number of hydrogen-bond acceptors (Lipinski definition) is 10. The summed E-state index contributed by atoms with van der Waals surface area (Å²) in [7, 11) is 2.61. The molecule has 240 valence electrons. The Morgan fingerprint density at radius 2 is 1.38 bits per heavy atom. The summed E-state index contributed by atoms with van der Waals surface area (Å²) < 4.78 is 26.6. The van der Waals surface area contributed by atoms with Crippen molar-refractivity contribution in [2.45, 2.75) is 37.9 Å². The van der Waals surface area contributed by atoms with Gasteiger partial charge in [-0.1, -0.05) is 46.4 Å². The Morgan fingerprint density at radius 1 is 0.822 bits per heavy atom. The summed E-state index contributed by atoms with van der Waals surface area (Å²) in [5.74, 6) is -0.183.